The molecule has 1 saturated carbocycles. The molecule has 0 saturated heterocycles. The average Bonchev–Trinajstić information content (AvgIpc) is 3.16. The SMILES string of the molecule is COc1ccc(NC(=O)CSC2=NC3(CCC(C(C)(C)C)CC3)N=C2c2ccccc2)cc1. The maximum atomic E-state index is 12.6. The molecule has 0 bridgehead atoms. The van der Waals surface area contributed by atoms with Crippen LogP contribution in [-0.4, -0.2) is 35.2 Å². The molecule has 2 aliphatic rings. The van der Waals surface area contributed by atoms with E-state index in [1.54, 1.807) is 7.11 Å². The first-order valence-corrected chi connectivity index (χ1v) is 12.6. The van der Waals surface area contributed by atoms with Gasteiger partial charge < -0.3 is 10.1 Å². The second-order valence-electron chi connectivity index (χ2n) is 9.93. The van der Waals surface area contributed by atoms with E-state index >= 15 is 0 Å². The van der Waals surface area contributed by atoms with Crippen molar-refractivity contribution in [1.29, 1.82) is 0 Å². The lowest BCUT2D eigenvalue weighted by molar-refractivity contribution is -0.113. The van der Waals surface area contributed by atoms with Gasteiger partial charge in [0, 0.05) is 11.3 Å². The summed E-state index contributed by atoms with van der Waals surface area (Å²) < 4.78 is 5.18. The van der Waals surface area contributed by atoms with Crippen molar-refractivity contribution >= 4 is 34.1 Å². The third-order valence-corrected chi connectivity index (χ3v) is 7.57. The number of aliphatic imine (C=N–C) groups is 2. The molecule has 5 nitrogen and oxygen atoms in total. The fourth-order valence-corrected chi connectivity index (χ4v) is 5.46. The highest BCUT2D eigenvalue weighted by atomic mass is 32.2. The van der Waals surface area contributed by atoms with Gasteiger partial charge in [-0.1, -0.05) is 62.9 Å². The Morgan fingerprint density at radius 3 is 2.33 bits per heavy atom. The lowest BCUT2D eigenvalue weighted by Crippen LogP contribution is -2.34. The van der Waals surface area contributed by atoms with Crippen molar-refractivity contribution in [2.45, 2.75) is 52.1 Å². The molecule has 0 atom stereocenters. The van der Waals surface area contributed by atoms with Crippen LogP contribution in [0.15, 0.2) is 64.6 Å². The van der Waals surface area contributed by atoms with E-state index in [-0.39, 0.29) is 17.3 Å². The van der Waals surface area contributed by atoms with Crippen LogP contribution in [0.2, 0.25) is 0 Å². The Balaban J connectivity index is 1.47. The third-order valence-electron chi connectivity index (χ3n) is 6.60. The molecule has 6 heteroatoms. The molecule has 174 valence electrons. The standard InChI is InChI=1S/C27H33N3O2S/c1-26(2,3)20-14-16-27(17-15-20)29-24(19-8-6-5-7-9-19)25(30-27)33-18-23(31)28-21-10-12-22(32-4)13-11-21/h5-13,20H,14-18H2,1-4H3,(H,28,31). The Labute approximate surface area is 201 Å². The molecule has 1 heterocycles. The summed E-state index contributed by atoms with van der Waals surface area (Å²) in [7, 11) is 1.63. The van der Waals surface area contributed by atoms with Gasteiger partial charge in [-0.25, -0.2) is 4.99 Å². The van der Waals surface area contributed by atoms with Crippen LogP contribution in [0.1, 0.15) is 52.0 Å². The van der Waals surface area contributed by atoms with E-state index in [1.165, 1.54) is 11.8 Å². The first-order chi connectivity index (χ1) is 15.8. The predicted molar refractivity (Wildman–Crippen MR) is 139 cm³/mol. The number of nitrogens with one attached hydrogen (secondary N) is 1. The van der Waals surface area contributed by atoms with E-state index < -0.39 is 0 Å². The lowest BCUT2D eigenvalue weighted by Gasteiger charge is -2.39. The minimum Gasteiger partial charge on any atom is -0.497 e. The average molecular weight is 464 g/mol. The van der Waals surface area contributed by atoms with Crippen molar-refractivity contribution < 1.29 is 9.53 Å². The second kappa shape index (κ2) is 9.72. The van der Waals surface area contributed by atoms with Crippen LogP contribution >= 0.6 is 11.8 Å². The zero-order valence-electron chi connectivity index (χ0n) is 19.9. The van der Waals surface area contributed by atoms with Gasteiger partial charge in [0.25, 0.3) is 0 Å². The maximum Gasteiger partial charge on any atom is 0.234 e. The quantitative estimate of drug-likeness (QED) is 0.574. The van der Waals surface area contributed by atoms with Crippen molar-refractivity contribution in [3.63, 3.8) is 0 Å². The van der Waals surface area contributed by atoms with E-state index in [9.17, 15) is 4.79 Å². The van der Waals surface area contributed by atoms with Gasteiger partial charge in [-0.05, 0) is 61.3 Å². The van der Waals surface area contributed by atoms with Crippen molar-refractivity contribution in [2.75, 3.05) is 18.2 Å². The lowest BCUT2D eigenvalue weighted by atomic mass is 9.70. The van der Waals surface area contributed by atoms with E-state index in [0.717, 1.165) is 53.4 Å². The van der Waals surface area contributed by atoms with Crippen LogP contribution < -0.4 is 10.1 Å². The minimum absolute atomic E-state index is 0.0577. The number of benzene rings is 2. The Morgan fingerprint density at radius 2 is 1.73 bits per heavy atom. The number of methoxy groups -OCH3 is 1. The fraction of sp³-hybridized carbons (Fsp3) is 0.444. The zero-order valence-corrected chi connectivity index (χ0v) is 20.7. The molecule has 1 spiro atoms. The molecule has 2 aromatic rings. The summed E-state index contributed by atoms with van der Waals surface area (Å²) in [5.74, 6) is 1.69. The largest absolute Gasteiger partial charge is 0.497 e. The van der Waals surface area contributed by atoms with Crippen molar-refractivity contribution in [1.82, 2.24) is 0 Å². The molecule has 0 aromatic heterocycles. The highest BCUT2D eigenvalue weighted by Gasteiger charge is 2.42. The van der Waals surface area contributed by atoms with Crippen molar-refractivity contribution in [2.24, 2.45) is 21.3 Å². The molecular formula is C27H33N3O2S. The van der Waals surface area contributed by atoms with Crippen LogP contribution in [0.5, 0.6) is 5.75 Å². The smallest absolute Gasteiger partial charge is 0.234 e. The Morgan fingerprint density at radius 1 is 1.06 bits per heavy atom. The number of rotatable bonds is 5. The number of ether oxygens (including phenoxy) is 1. The maximum absolute atomic E-state index is 12.6. The van der Waals surface area contributed by atoms with Gasteiger partial charge in [-0.15, -0.1) is 0 Å². The normalized spacial score (nSPS) is 22.6. The van der Waals surface area contributed by atoms with E-state index in [2.05, 4.69) is 38.2 Å². The summed E-state index contributed by atoms with van der Waals surface area (Å²) in [6.45, 7) is 6.98. The number of amides is 1. The van der Waals surface area contributed by atoms with Gasteiger partial charge in [0.05, 0.1) is 18.6 Å². The summed E-state index contributed by atoms with van der Waals surface area (Å²) in [5.41, 5.74) is 2.68. The molecule has 1 aliphatic heterocycles. The van der Waals surface area contributed by atoms with E-state index in [1.807, 2.05) is 42.5 Å². The number of anilines is 1. The summed E-state index contributed by atoms with van der Waals surface area (Å²) in [5, 5.41) is 3.83. The molecule has 2 aromatic carbocycles. The van der Waals surface area contributed by atoms with Crippen LogP contribution in [0.25, 0.3) is 0 Å². The summed E-state index contributed by atoms with van der Waals surface area (Å²) in [6, 6.07) is 17.6. The number of nitrogens with zero attached hydrogens (tertiary/aromatic N) is 2. The highest BCUT2D eigenvalue weighted by Crippen LogP contribution is 2.46. The van der Waals surface area contributed by atoms with Gasteiger partial charge in [0.2, 0.25) is 5.91 Å². The summed E-state index contributed by atoms with van der Waals surface area (Å²) >= 11 is 1.48. The van der Waals surface area contributed by atoms with E-state index in [0.29, 0.717) is 11.3 Å². The molecular weight excluding hydrogens is 430 g/mol. The van der Waals surface area contributed by atoms with Crippen LogP contribution in [0, 0.1) is 11.3 Å². The number of hydrogen-bond acceptors (Lipinski definition) is 5. The second-order valence-corrected chi connectivity index (χ2v) is 10.9. The first kappa shape index (κ1) is 23.6. The Kier molecular flexibility index (Phi) is 6.94. The van der Waals surface area contributed by atoms with Crippen LogP contribution in [-0.2, 0) is 4.79 Å². The zero-order chi connectivity index (χ0) is 23.5. The fourth-order valence-electron chi connectivity index (χ4n) is 4.58. The Hall–Kier alpha value is -2.60. The summed E-state index contributed by atoms with van der Waals surface area (Å²) in [6.07, 6.45) is 4.20. The van der Waals surface area contributed by atoms with Crippen molar-refractivity contribution in [3.05, 3.63) is 60.2 Å². The number of carbonyl (C=O) groups is 1. The molecule has 0 radical (unpaired) electrons. The predicted octanol–water partition coefficient (Wildman–Crippen LogP) is 6.20. The molecule has 4 rings (SSSR count). The summed E-state index contributed by atoms with van der Waals surface area (Å²) in [4.78, 5) is 22.9. The minimum atomic E-state index is -0.373. The number of thioether (sulfide) groups is 1. The van der Waals surface area contributed by atoms with Gasteiger partial charge in [-0.2, -0.15) is 0 Å². The molecule has 1 amide bonds. The van der Waals surface area contributed by atoms with Gasteiger partial charge >= 0.3 is 0 Å². The topological polar surface area (TPSA) is 63.0 Å². The number of carbonyl (C=O) groups excluding carboxylic acids is 1. The Bertz CT molecular complexity index is 1030. The van der Waals surface area contributed by atoms with Gasteiger partial charge in [0.15, 0.2) is 5.66 Å². The monoisotopic (exact) mass is 463 g/mol. The molecule has 1 N–H and O–H groups in total. The molecule has 33 heavy (non-hydrogen) atoms. The first-order valence-electron chi connectivity index (χ1n) is 11.6. The number of hydrogen-bond donors (Lipinski definition) is 1. The van der Waals surface area contributed by atoms with Gasteiger partial charge in [0.1, 0.15) is 10.8 Å². The third kappa shape index (κ3) is 5.67. The van der Waals surface area contributed by atoms with E-state index in [4.69, 9.17) is 14.7 Å². The molecule has 1 fully saturated rings. The van der Waals surface area contributed by atoms with Crippen LogP contribution in [0.3, 0.4) is 0 Å². The molecule has 1 aliphatic carbocycles. The highest BCUT2D eigenvalue weighted by molar-refractivity contribution is 8.16. The van der Waals surface area contributed by atoms with Crippen LogP contribution in [0.4, 0.5) is 5.69 Å². The molecule has 0 unspecified atom stereocenters. The van der Waals surface area contributed by atoms with Gasteiger partial charge in [-0.3, -0.25) is 9.79 Å². The van der Waals surface area contributed by atoms with Crippen molar-refractivity contribution in [3.8, 4) is 5.75 Å².